The Balaban J connectivity index is 1.58. The van der Waals surface area contributed by atoms with E-state index < -0.39 is 78.8 Å². The van der Waals surface area contributed by atoms with Gasteiger partial charge in [0.2, 0.25) is 23.8 Å². The van der Waals surface area contributed by atoms with Crippen LogP contribution in [0.1, 0.15) is 6.92 Å². The molecule has 0 spiro atoms. The van der Waals surface area contributed by atoms with E-state index in [0.29, 0.717) is 0 Å². The Morgan fingerprint density at radius 2 is 1.50 bits per heavy atom. The molecule has 5 rings (SSSR count). The van der Waals surface area contributed by atoms with Crippen LogP contribution in [0.2, 0.25) is 0 Å². The van der Waals surface area contributed by atoms with Gasteiger partial charge in [0.05, 0.1) is 12.7 Å². The lowest BCUT2D eigenvalue weighted by Gasteiger charge is -2.38. The molecule has 2 aliphatic rings. The molecule has 1 aromatic heterocycles. The molecule has 40 heavy (non-hydrogen) atoms. The average Bonchev–Trinajstić information content (AvgIpc) is 2.92. The Labute approximate surface area is 225 Å². The van der Waals surface area contributed by atoms with Crippen molar-refractivity contribution in [1.82, 2.24) is 0 Å². The number of hydrogen-bond acceptors (Lipinski definition) is 14. The monoisotopic (exact) mass is 564 g/mol. The van der Waals surface area contributed by atoms with Crippen LogP contribution >= 0.6 is 0 Å². The van der Waals surface area contributed by atoms with E-state index in [-0.39, 0.29) is 33.8 Å². The maximum Gasteiger partial charge on any atom is 0.239 e. The topological polar surface area (TPSA) is 229 Å². The van der Waals surface area contributed by atoms with Gasteiger partial charge >= 0.3 is 0 Å². The normalized spacial score (nSPS) is 32.6. The van der Waals surface area contributed by atoms with Gasteiger partial charge in [-0.2, -0.15) is 0 Å². The molecule has 3 heterocycles. The number of fused-ring (bicyclic) bond motifs is 1. The zero-order valence-electron chi connectivity index (χ0n) is 20.9. The second-order valence-electron chi connectivity index (χ2n) is 9.62. The molecule has 0 radical (unpaired) electrons. The third-order valence-electron chi connectivity index (χ3n) is 6.78. The van der Waals surface area contributed by atoms with Gasteiger partial charge in [-0.15, -0.1) is 0 Å². The SMILES string of the molecule is C[C@@H]1O[C@@H](Oc2cc(O)c3c(=O)c(O[C@H]4OC[C@@H](O)[C@@H](O)[C@H]4O)c(-c4ccc(O)cc4)oc3c2)[C@@H](O)[C@@H](O)[C@@H]1O. The molecule has 0 unspecified atom stereocenters. The Bertz CT molecular complexity index is 1420. The van der Waals surface area contributed by atoms with Gasteiger partial charge in [0, 0.05) is 17.7 Å². The van der Waals surface area contributed by atoms with Crippen molar-refractivity contribution in [3.8, 4) is 34.3 Å². The number of rotatable bonds is 5. The molecule has 14 nitrogen and oxygen atoms in total. The van der Waals surface area contributed by atoms with Gasteiger partial charge < -0.3 is 64.2 Å². The predicted octanol–water partition coefficient (Wildman–Crippen LogP) is -1.10. The maximum absolute atomic E-state index is 13.6. The highest BCUT2D eigenvalue weighted by atomic mass is 16.7. The molecule has 2 saturated heterocycles. The Morgan fingerprint density at radius 3 is 2.20 bits per heavy atom. The zero-order valence-corrected chi connectivity index (χ0v) is 20.9. The molecule has 0 amide bonds. The van der Waals surface area contributed by atoms with Crippen LogP contribution in [0.3, 0.4) is 0 Å². The molecular weight excluding hydrogens is 536 g/mol. The van der Waals surface area contributed by atoms with Crippen LogP contribution in [-0.2, 0) is 9.47 Å². The summed E-state index contributed by atoms with van der Waals surface area (Å²) in [6.45, 7) is 1.06. The van der Waals surface area contributed by atoms with E-state index in [1.807, 2.05) is 0 Å². The summed E-state index contributed by atoms with van der Waals surface area (Å²) in [5.74, 6) is -1.54. The second-order valence-corrected chi connectivity index (χ2v) is 9.62. The van der Waals surface area contributed by atoms with Crippen LogP contribution in [0.5, 0.6) is 23.0 Å². The van der Waals surface area contributed by atoms with E-state index in [1.165, 1.54) is 37.3 Å². The summed E-state index contributed by atoms with van der Waals surface area (Å²) in [6, 6.07) is 7.69. The highest BCUT2D eigenvalue weighted by Gasteiger charge is 2.43. The molecule has 0 bridgehead atoms. The molecule has 2 aromatic carbocycles. The van der Waals surface area contributed by atoms with Crippen LogP contribution in [0.25, 0.3) is 22.3 Å². The van der Waals surface area contributed by atoms with Crippen molar-refractivity contribution in [3.63, 3.8) is 0 Å². The predicted molar refractivity (Wildman–Crippen MR) is 133 cm³/mol. The van der Waals surface area contributed by atoms with Gasteiger partial charge in [-0.05, 0) is 31.2 Å². The Morgan fingerprint density at radius 1 is 0.825 bits per heavy atom. The summed E-state index contributed by atoms with van der Waals surface area (Å²) < 4.78 is 27.9. The number of ether oxygens (including phenoxy) is 4. The standard InChI is InChI=1S/C26H28O14/c1-9-17(30)20(33)22(35)26(37-9)38-12-6-13(28)16-15(7-12)39-23(10-2-4-11(27)5-3-10)24(19(16)32)40-25-21(34)18(31)14(29)8-36-25/h2-7,9,14,17-18,20-22,25-31,33-35H,8H2,1H3/t9-,14+,17+,18+,20-,21+,22-,25+,26-/m0/s1. The first-order valence-corrected chi connectivity index (χ1v) is 12.3. The highest BCUT2D eigenvalue weighted by Crippen LogP contribution is 2.38. The largest absolute Gasteiger partial charge is 0.508 e. The fourth-order valence-electron chi connectivity index (χ4n) is 4.48. The number of hydrogen-bond donors (Lipinski definition) is 8. The molecule has 8 N–H and O–H groups in total. The van der Waals surface area contributed by atoms with Crippen molar-refractivity contribution in [2.45, 2.75) is 62.2 Å². The summed E-state index contributed by atoms with van der Waals surface area (Å²) >= 11 is 0. The number of aliphatic hydroxyl groups is 6. The summed E-state index contributed by atoms with van der Waals surface area (Å²) in [4.78, 5) is 13.6. The van der Waals surface area contributed by atoms with Gasteiger partial charge in [0.25, 0.3) is 0 Å². The van der Waals surface area contributed by atoms with E-state index in [2.05, 4.69) is 0 Å². The van der Waals surface area contributed by atoms with E-state index in [0.717, 1.165) is 6.07 Å². The Hall–Kier alpha value is -3.47. The van der Waals surface area contributed by atoms with E-state index in [4.69, 9.17) is 23.4 Å². The van der Waals surface area contributed by atoms with Gasteiger partial charge in [0.1, 0.15) is 64.8 Å². The molecule has 2 aliphatic heterocycles. The average molecular weight is 564 g/mol. The van der Waals surface area contributed by atoms with Gasteiger partial charge in [0.15, 0.2) is 5.76 Å². The molecule has 3 aromatic rings. The maximum atomic E-state index is 13.6. The van der Waals surface area contributed by atoms with E-state index >= 15 is 0 Å². The minimum absolute atomic E-state index is 0.0848. The summed E-state index contributed by atoms with van der Waals surface area (Å²) in [7, 11) is 0. The van der Waals surface area contributed by atoms with Gasteiger partial charge in [-0.3, -0.25) is 4.79 Å². The van der Waals surface area contributed by atoms with E-state index in [1.54, 1.807) is 0 Å². The Kier molecular flexibility index (Phi) is 7.60. The number of aromatic hydroxyl groups is 2. The minimum Gasteiger partial charge on any atom is -0.508 e. The third kappa shape index (κ3) is 5.07. The lowest BCUT2D eigenvalue weighted by molar-refractivity contribution is -0.268. The first-order valence-electron chi connectivity index (χ1n) is 12.3. The molecule has 0 saturated carbocycles. The van der Waals surface area contributed by atoms with Crippen molar-refractivity contribution >= 4 is 11.0 Å². The van der Waals surface area contributed by atoms with Gasteiger partial charge in [-0.1, -0.05) is 0 Å². The number of phenolic OH excluding ortho intramolecular Hbond substituents is 2. The molecule has 216 valence electrons. The fraction of sp³-hybridized carbons (Fsp3) is 0.423. The third-order valence-corrected chi connectivity index (χ3v) is 6.78. The number of benzene rings is 2. The fourth-order valence-corrected chi connectivity index (χ4v) is 4.48. The summed E-state index contributed by atoms with van der Waals surface area (Å²) in [5.41, 5.74) is -0.860. The van der Waals surface area contributed by atoms with Crippen molar-refractivity contribution in [2.24, 2.45) is 0 Å². The van der Waals surface area contributed by atoms with Crippen LogP contribution in [0, 0.1) is 0 Å². The first-order chi connectivity index (χ1) is 19.0. The first kappa shape index (κ1) is 28.1. The molecular formula is C26H28O14. The van der Waals surface area contributed by atoms with Crippen LogP contribution in [0.15, 0.2) is 45.6 Å². The molecule has 9 atom stereocenters. The van der Waals surface area contributed by atoms with Crippen LogP contribution < -0.4 is 14.9 Å². The minimum atomic E-state index is -1.74. The molecule has 2 fully saturated rings. The number of aliphatic hydroxyl groups excluding tert-OH is 6. The van der Waals surface area contributed by atoms with Crippen LogP contribution in [0.4, 0.5) is 0 Å². The number of phenols is 2. The van der Waals surface area contributed by atoms with Crippen LogP contribution in [-0.4, -0.2) is 103 Å². The van der Waals surface area contributed by atoms with Gasteiger partial charge in [-0.25, -0.2) is 0 Å². The highest BCUT2D eigenvalue weighted by molar-refractivity contribution is 5.88. The molecule has 0 aliphatic carbocycles. The van der Waals surface area contributed by atoms with Crippen molar-refractivity contribution in [2.75, 3.05) is 6.61 Å². The summed E-state index contributed by atoms with van der Waals surface area (Å²) in [5, 5.41) is 80.5. The zero-order chi connectivity index (χ0) is 28.9. The quantitative estimate of drug-likeness (QED) is 0.184. The molecule has 14 heteroatoms. The van der Waals surface area contributed by atoms with Crippen molar-refractivity contribution < 1.29 is 64.2 Å². The van der Waals surface area contributed by atoms with Crippen molar-refractivity contribution in [1.29, 1.82) is 0 Å². The van der Waals surface area contributed by atoms with Crippen molar-refractivity contribution in [3.05, 3.63) is 46.6 Å². The smallest absolute Gasteiger partial charge is 0.239 e. The van der Waals surface area contributed by atoms with E-state index in [9.17, 15) is 45.6 Å². The summed E-state index contributed by atoms with van der Waals surface area (Å²) in [6.07, 6.45) is -13.3. The lowest BCUT2D eigenvalue weighted by Crippen LogP contribution is -2.58. The lowest BCUT2D eigenvalue weighted by atomic mass is 10.00. The second kappa shape index (κ2) is 10.8.